The van der Waals surface area contributed by atoms with Crippen molar-refractivity contribution in [3.63, 3.8) is 0 Å². The van der Waals surface area contributed by atoms with E-state index in [2.05, 4.69) is 10.1 Å². The van der Waals surface area contributed by atoms with E-state index in [1.54, 1.807) is 31.2 Å². The first kappa shape index (κ1) is 19.9. The van der Waals surface area contributed by atoms with Crippen LogP contribution >= 0.6 is 0 Å². The molecule has 4 aromatic rings. The molecule has 0 aliphatic carbocycles. The van der Waals surface area contributed by atoms with Gasteiger partial charge in [0.2, 0.25) is 15.8 Å². The van der Waals surface area contributed by atoms with Gasteiger partial charge in [-0.3, -0.25) is 0 Å². The maximum Gasteiger partial charge on any atom is 0.294 e. The smallest absolute Gasteiger partial charge is 0.294 e. The molecule has 2 aromatic heterocycles. The first-order chi connectivity index (χ1) is 14.9. The zero-order chi connectivity index (χ0) is 21.6. The van der Waals surface area contributed by atoms with Gasteiger partial charge in [0.1, 0.15) is 11.4 Å². The molecule has 0 bridgehead atoms. The second-order valence-electron chi connectivity index (χ2n) is 7.16. The van der Waals surface area contributed by atoms with Gasteiger partial charge in [-0.25, -0.2) is 12.8 Å². The molecule has 2 aromatic carbocycles. The second kappa shape index (κ2) is 7.56. The number of rotatable bonds is 4. The number of aromatic nitrogens is 2. The number of furan rings is 1. The van der Waals surface area contributed by atoms with Gasteiger partial charge in [0.25, 0.3) is 5.89 Å². The molecule has 0 N–H and O–H groups in total. The molecule has 8 nitrogen and oxygen atoms in total. The van der Waals surface area contributed by atoms with Crippen molar-refractivity contribution in [1.82, 2.24) is 14.4 Å². The second-order valence-corrected chi connectivity index (χ2v) is 9.10. The quantitative estimate of drug-likeness (QED) is 0.475. The summed E-state index contributed by atoms with van der Waals surface area (Å²) in [6, 6.07) is 10.6. The number of sulfonamides is 1. The van der Waals surface area contributed by atoms with Crippen LogP contribution in [0.4, 0.5) is 4.39 Å². The molecule has 160 valence electrons. The Labute approximate surface area is 177 Å². The topological polar surface area (TPSA) is 98.7 Å². The summed E-state index contributed by atoms with van der Waals surface area (Å²) in [5, 5.41) is 4.54. The molecule has 0 amide bonds. The van der Waals surface area contributed by atoms with Crippen LogP contribution in [0.2, 0.25) is 0 Å². The van der Waals surface area contributed by atoms with Gasteiger partial charge in [-0.1, -0.05) is 17.3 Å². The van der Waals surface area contributed by atoms with Crippen LogP contribution in [0.1, 0.15) is 5.56 Å². The number of ether oxygens (including phenoxy) is 1. The van der Waals surface area contributed by atoms with E-state index in [4.69, 9.17) is 13.7 Å². The minimum Gasteiger partial charge on any atom is -0.451 e. The average Bonchev–Trinajstić information content (AvgIpc) is 3.39. The highest BCUT2D eigenvalue weighted by molar-refractivity contribution is 7.89. The third kappa shape index (κ3) is 3.52. The standard InChI is InChI=1S/C21H18FN3O5S/c1-13-17-12-16(31(26,27)25-7-9-28-10-8-25)5-6-18(17)29-19(13)21-23-20(24-30-21)14-3-2-4-15(22)11-14/h2-6,11-12H,7-10H2,1H3. The number of morpholine rings is 1. The van der Waals surface area contributed by atoms with Crippen LogP contribution in [0.5, 0.6) is 0 Å². The third-order valence-corrected chi connectivity index (χ3v) is 7.11. The zero-order valence-electron chi connectivity index (χ0n) is 16.5. The molecule has 31 heavy (non-hydrogen) atoms. The van der Waals surface area contributed by atoms with Gasteiger partial charge in [-0.05, 0) is 37.3 Å². The van der Waals surface area contributed by atoms with Gasteiger partial charge in [-0.2, -0.15) is 9.29 Å². The highest BCUT2D eigenvalue weighted by Crippen LogP contribution is 2.34. The Morgan fingerprint density at radius 2 is 1.90 bits per heavy atom. The van der Waals surface area contributed by atoms with Crippen molar-refractivity contribution in [3.05, 3.63) is 53.8 Å². The van der Waals surface area contributed by atoms with Gasteiger partial charge in [-0.15, -0.1) is 0 Å². The van der Waals surface area contributed by atoms with Crippen molar-refractivity contribution in [3.8, 4) is 23.0 Å². The SMILES string of the molecule is Cc1c(-c2nc(-c3cccc(F)c3)no2)oc2ccc(S(=O)(=O)N3CCOCC3)cc12. The molecule has 1 aliphatic heterocycles. The van der Waals surface area contributed by atoms with Crippen LogP contribution in [0.25, 0.3) is 34.0 Å². The van der Waals surface area contributed by atoms with E-state index in [0.717, 1.165) is 0 Å². The lowest BCUT2D eigenvalue weighted by molar-refractivity contribution is 0.0730. The highest BCUT2D eigenvalue weighted by atomic mass is 32.2. The number of halogens is 1. The fourth-order valence-corrected chi connectivity index (χ4v) is 5.00. The van der Waals surface area contributed by atoms with Gasteiger partial charge < -0.3 is 13.7 Å². The molecule has 10 heteroatoms. The van der Waals surface area contributed by atoms with Crippen LogP contribution in [-0.4, -0.2) is 49.2 Å². The first-order valence-electron chi connectivity index (χ1n) is 9.64. The minimum absolute atomic E-state index is 0.130. The molecule has 5 rings (SSSR count). The normalized spacial score (nSPS) is 15.5. The van der Waals surface area contributed by atoms with Crippen LogP contribution in [0.3, 0.4) is 0 Å². The maximum atomic E-state index is 13.5. The molecule has 0 saturated carbocycles. The Hall–Kier alpha value is -3.08. The monoisotopic (exact) mass is 443 g/mol. The van der Waals surface area contributed by atoms with Crippen molar-refractivity contribution < 1.29 is 26.5 Å². The number of hydrogen-bond donors (Lipinski definition) is 0. The Morgan fingerprint density at radius 3 is 2.68 bits per heavy atom. The van der Waals surface area contributed by atoms with Gasteiger partial charge >= 0.3 is 0 Å². The molecule has 1 fully saturated rings. The van der Waals surface area contributed by atoms with E-state index in [0.29, 0.717) is 54.2 Å². The molecule has 0 atom stereocenters. The summed E-state index contributed by atoms with van der Waals surface area (Å²) in [4.78, 5) is 4.50. The lowest BCUT2D eigenvalue weighted by atomic mass is 10.1. The van der Waals surface area contributed by atoms with Crippen molar-refractivity contribution in [1.29, 1.82) is 0 Å². The van der Waals surface area contributed by atoms with Crippen molar-refractivity contribution in [2.24, 2.45) is 0 Å². The van der Waals surface area contributed by atoms with Crippen molar-refractivity contribution in [2.75, 3.05) is 26.3 Å². The van der Waals surface area contributed by atoms with Gasteiger partial charge in [0.15, 0.2) is 5.76 Å². The van der Waals surface area contributed by atoms with Gasteiger partial charge in [0, 0.05) is 29.6 Å². The molecule has 0 radical (unpaired) electrons. The summed E-state index contributed by atoms with van der Waals surface area (Å²) < 4.78 is 57.3. The molecule has 1 aliphatic rings. The first-order valence-corrected chi connectivity index (χ1v) is 11.1. The number of aryl methyl sites for hydroxylation is 1. The van der Waals surface area contributed by atoms with Crippen LogP contribution in [0, 0.1) is 12.7 Å². The Bertz CT molecular complexity index is 1370. The van der Waals surface area contributed by atoms with E-state index in [-0.39, 0.29) is 16.6 Å². The number of nitrogens with zero attached hydrogens (tertiary/aromatic N) is 3. The molecule has 3 heterocycles. The Morgan fingerprint density at radius 1 is 1.10 bits per heavy atom. The fourth-order valence-electron chi connectivity index (χ4n) is 3.56. The Kier molecular flexibility index (Phi) is 4.84. The van der Waals surface area contributed by atoms with E-state index >= 15 is 0 Å². The Balaban J connectivity index is 1.52. The molecular formula is C21H18FN3O5S. The number of fused-ring (bicyclic) bond motifs is 1. The summed E-state index contributed by atoms with van der Waals surface area (Å²) in [6.45, 7) is 3.18. The van der Waals surface area contributed by atoms with E-state index < -0.39 is 15.8 Å². The van der Waals surface area contributed by atoms with Crippen LogP contribution in [0.15, 0.2) is 56.3 Å². The van der Waals surface area contributed by atoms with E-state index in [1.165, 1.54) is 22.5 Å². The predicted octanol–water partition coefficient (Wildman–Crippen LogP) is 3.62. The zero-order valence-corrected chi connectivity index (χ0v) is 17.4. The summed E-state index contributed by atoms with van der Waals surface area (Å²) in [5.74, 6) is 0.291. The summed E-state index contributed by atoms with van der Waals surface area (Å²) >= 11 is 0. The highest BCUT2D eigenvalue weighted by Gasteiger charge is 2.28. The molecular weight excluding hydrogens is 425 g/mol. The predicted molar refractivity (Wildman–Crippen MR) is 109 cm³/mol. The summed E-state index contributed by atoms with van der Waals surface area (Å²) in [7, 11) is -3.64. The molecule has 0 spiro atoms. The largest absolute Gasteiger partial charge is 0.451 e. The summed E-state index contributed by atoms with van der Waals surface area (Å²) in [6.07, 6.45) is 0. The fraction of sp³-hybridized carbons (Fsp3) is 0.238. The van der Waals surface area contributed by atoms with E-state index in [1.807, 2.05) is 0 Å². The van der Waals surface area contributed by atoms with Crippen LogP contribution in [-0.2, 0) is 14.8 Å². The number of benzene rings is 2. The minimum atomic E-state index is -3.64. The van der Waals surface area contributed by atoms with E-state index in [9.17, 15) is 12.8 Å². The molecule has 0 unspecified atom stereocenters. The van der Waals surface area contributed by atoms with Crippen molar-refractivity contribution >= 4 is 21.0 Å². The lowest BCUT2D eigenvalue weighted by Gasteiger charge is -2.26. The third-order valence-electron chi connectivity index (χ3n) is 5.22. The van der Waals surface area contributed by atoms with Crippen molar-refractivity contribution in [2.45, 2.75) is 11.8 Å². The average molecular weight is 443 g/mol. The maximum absolute atomic E-state index is 13.5. The number of hydrogen-bond acceptors (Lipinski definition) is 7. The van der Waals surface area contributed by atoms with Crippen LogP contribution < -0.4 is 0 Å². The van der Waals surface area contributed by atoms with Gasteiger partial charge in [0.05, 0.1) is 18.1 Å². The summed E-state index contributed by atoms with van der Waals surface area (Å²) in [5.41, 5.74) is 1.64. The molecule has 1 saturated heterocycles. The lowest BCUT2D eigenvalue weighted by Crippen LogP contribution is -2.40.